The van der Waals surface area contributed by atoms with Crippen LogP contribution < -0.4 is 22.1 Å². The molecule has 9 heteroatoms. The zero-order valence-corrected chi connectivity index (χ0v) is 13.1. The molecule has 1 fully saturated rings. The van der Waals surface area contributed by atoms with Crippen molar-refractivity contribution >= 4 is 17.3 Å². The Morgan fingerprint density at radius 2 is 2.12 bits per heavy atom. The third-order valence-corrected chi connectivity index (χ3v) is 4.00. The number of aromatic nitrogens is 4. The topological polar surface area (TPSA) is 144 Å². The third-order valence-electron chi connectivity index (χ3n) is 4.00. The lowest BCUT2D eigenvalue weighted by Gasteiger charge is -2.33. The van der Waals surface area contributed by atoms with Gasteiger partial charge in [-0.3, -0.25) is 4.79 Å². The second kappa shape index (κ2) is 6.75. The van der Waals surface area contributed by atoms with Crippen LogP contribution >= 0.6 is 0 Å². The highest BCUT2D eigenvalue weighted by Crippen LogP contribution is 2.22. The molecule has 2 aromatic rings. The number of hydrogen-bond acceptors (Lipinski definition) is 8. The number of piperidine rings is 1. The number of carbonyl (C=O) groups excluding carboxylic acids is 1. The summed E-state index contributed by atoms with van der Waals surface area (Å²) in [6, 6.07) is 0.0601. The normalized spacial score (nSPS) is 17.7. The smallest absolute Gasteiger partial charge is 0.345 e. The van der Waals surface area contributed by atoms with Gasteiger partial charge in [-0.25, -0.2) is 14.8 Å². The van der Waals surface area contributed by atoms with E-state index in [1.807, 2.05) is 4.90 Å². The van der Waals surface area contributed by atoms with Crippen molar-refractivity contribution < 1.29 is 4.79 Å². The van der Waals surface area contributed by atoms with E-state index in [1.165, 1.54) is 18.6 Å². The number of aromatic amines is 1. The van der Waals surface area contributed by atoms with Crippen LogP contribution in [0.3, 0.4) is 0 Å². The first-order valence-electron chi connectivity index (χ1n) is 7.73. The summed E-state index contributed by atoms with van der Waals surface area (Å²) in [4.78, 5) is 40.4. The minimum Gasteiger partial charge on any atom is -0.382 e. The van der Waals surface area contributed by atoms with Crippen molar-refractivity contribution in [3.05, 3.63) is 40.5 Å². The molecule has 3 rings (SSSR count). The van der Waals surface area contributed by atoms with E-state index in [4.69, 9.17) is 11.5 Å². The van der Waals surface area contributed by atoms with Crippen molar-refractivity contribution in [1.82, 2.24) is 19.9 Å². The van der Waals surface area contributed by atoms with E-state index in [1.54, 1.807) is 0 Å². The molecule has 9 nitrogen and oxygen atoms in total. The summed E-state index contributed by atoms with van der Waals surface area (Å²) >= 11 is 0. The maximum absolute atomic E-state index is 12.5. The van der Waals surface area contributed by atoms with Gasteiger partial charge in [-0.1, -0.05) is 0 Å². The quantitative estimate of drug-likeness (QED) is 0.636. The first-order valence-corrected chi connectivity index (χ1v) is 7.73. The number of nitrogens with zero attached hydrogens (tertiary/aromatic N) is 4. The van der Waals surface area contributed by atoms with Gasteiger partial charge in [0.25, 0.3) is 0 Å². The van der Waals surface area contributed by atoms with Crippen molar-refractivity contribution in [1.29, 1.82) is 0 Å². The fourth-order valence-corrected chi connectivity index (χ4v) is 2.87. The molecule has 1 atom stereocenters. The summed E-state index contributed by atoms with van der Waals surface area (Å²) in [7, 11) is 0. The highest BCUT2D eigenvalue weighted by Gasteiger charge is 2.22. The molecule has 0 bridgehead atoms. The van der Waals surface area contributed by atoms with Crippen molar-refractivity contribution in [2.75, 3.05) is 23.7 Å². The lowest BCUT2D eigenvalue weighted by Crippen LogP contribution is -2.43. The van der Waals surface area contributed by atoms with Gasteiger partial charge in [-0.2, -0.15) is 4.98 Å². The van der Waals surface area contributed by atoms with Crippen LogP contribution in [0.4, 0.5) is 11.5 Å². The molecular formula is C15H19N7O2. The minimum atomic E-state index is -0.505. The van der Waals surface area contributed by atoms with Crippen molar-refractivity contribution in [3.8, 4) is 0 Å². The van der Waals surface area contributed by atoms with E-state index < -0.39 is 5.69 Å². The Bertz CT molecular complexity index is 804. The molecule has 0 aliphatic carbocycles. The van der Waals surface area contributed by atoms with E-state index in [9.17, 15) is 9.59 Å². The largest absolute Gasteiger partial charge is 0.382 e. The molecule has 1 aliphatic heterocycles. The number of ketones is 1. The molecule has 24 heavy (non-hydrogen) atoms. The summed E-state index contributed by atoms with van der Waals surface area (Å²) < 4.78 is 0. The van der Waals surface area contributed by atoms with Gasteiger partial charge in [0.2, 0.25) is 0 Å². The van der Waals surface area contributed by atoms with Crippen LogP contribution in [0.5, 0.6) is 0 Å². The Kier molecular flexibility index (Phi) is 4.52. The Balaban J connectivity index is 1.90. The average molecular weight is 329 g/mol. The first-order chi connectivity index (χ1) is 11.5. The van der Waals surface area contributed by atoms with E-state index in [-0.39, 0.29) is 29.8 Å². The van der Waals surface area contributed by atoms with Crippen molar-refractivity contribution in [2.45, 2.75) is 25.3 Å². The highest BCUT2D eigenvalue weighted by molar-refractivity contribution is 5.99. The summed E-state index contributed by atoms with van der Waals surface area (Å²) in [5.41, 5.74) is 12.5. The van der Waals surface area contributed by atoms with Crippen LogP contribution in [0, 0.1) is 0 Å². The predicted molar refractivity (Wildman–Crippen MR) is 88.8 cm³/mol. The molecule has 0 aromatic carbocycles. The molecular weight excluding hydrogens is 310 g/mol. The van der Waals surface area contributed by atoms with Gasteiger partial charge in [-0.15, -0.1) is 0 Å². The monoisotopic (exact) mass is 329 g/mol. The van der Waals surface area contributed by atoms with Gasteiger partial charge < -0.3 is 21.4 Å². The van der Waals surface area contributed by atoms with Gasteiger partial charge in [-0.05, 0) is 12.8 Å². The molecule has 0 radical (unpaired) electrons. The molecule has 126 valence electrons. The molecule has 0 saturated carbocycles. The van der Waals surface area contributed by atoms with Gasteiger partial charge in [0, 0.05) is 31.5 Å². The fourth-order valence-electron chi connectivity index (χ4n) is 2.87. The Hall–Kier alpha value is -2.81. The lowest BCUT2D eigenvalue weighted by molar-refractivity contribution is 0.0988. The summed E-state index contributed by atoms with van der Waals surface area (Å²) in [6.45, 7) is 1.46. The summed E-state index contributed by atoms with van der Waals surface area (Å²) in [5.74, 6) is -0.245. The molecule has 1 saturated heterocycles. The first kappa shape index (κ1) is 16.1. The molecule has 2 aromatic heterocycles. The molecule has 3 heterocycles. The number of anilines is 2. The number of H-pyrrole nitrogens is 1. The van der Waals surface area contributed by atoms with Gasteiger partial charge in [0.15, 0.2) is 11.6 Å². The Morgan fingerprint density at radius 3 is 2.88 bits per heavy atom. The summed E-state index contributed by atoms with van der Waals surface area (Å²) in [5, 5.41) is 0. The van der Waals surface area contributed by atoms with Crippen LogP contribution in [-0.4, -0.2) is 44.9 Å². The zero-order valence-electron chi connectivity index (χ0n) is 13.1. The molecule has 1 aliphatic rings. The predicted octanol–water partition coefficient (Wildman–Crippen LogP) is -0.505. The van der Waals surface area contributed by atoms with Crippen molar-refractivity contribution in [3.63, 3.8) is 0 Å². The maximum Gasteiger partial charge on any atom is 0.345 e. The number of nitrogens with one attached hydrogen (secondary N) is 1. The number of hydrogen-bond donors (Lipinski definition) is 3. The van der Waals surface area contributed by atoms with Crippen LogP contribution in [0.25, 0.3) is 0 Å². The van der Waals surface area contributed by atoms with Crippen molar-refractivity contribution in [2.24, 2.45) is 5.73 Å². The number of Topliss-reactive ketones (excluding diaryl/α,β-unsaturated/α-hetero) is 1. The highest BCUT2D eigenvalue weighted by atomic mass is 16.1. The summed E-state index contributed by atoms with van der Waals surface area (Å²) in [6.07, 6.45) is 6.17. The van der Waals surface area contributed by atoms with Crippen LogP contribution in [0.2, 0.25) is 0 Å². The molecule has 0 spiro atoms. The Morgan fingerprint density at radius 1 is 1.33 bits per heavy atom. The van der Waals surface area contributed by atoms with Crippen LogP contribution in [-0.2, 0) is 6.42 Å². The standard InChI is InChI=1S/C15H19N7O2/c16-9-2-1-5-22(8-9)11-7-20-15(24)21-10(11)6-12(23)13-14(17)19-4-3-18-13/h3-4,7,9H,1-2,5-6,8,16H2,(H2,17,19)(H,20,21,24). The van der Waals surface area contributed by atoms with Gasteiger partial charge >= 0.3 is 5.69 Å². The van der Waals surface area contributed by atoms with Crippen LogP contribution in [0.15, 0.2) is 23.4 Å². The lowest BCUT2D eigenvalue weighted by atomic mass is 10.0. The average Bonchev–Trinajstić information content (AvgIpc) is 2.55. The minimum absolute atomic E-state index is 0.0400. The van der Waals surface area contributed by atoms with E-state index in [0.29, 0.717) is 17.9 Å². The zero-order chi connectivity index (χ0) is 17.1. The van der Waals surface area contributed by atoms with E-state index >= 15 is 0 Å². The van der Waals surface area contributed by atoms with Gasteiger partial charge in [0.1, 0.15) is 5.69 Å². The van der Waals surface area contributed by atoms with E-state index in [0.717, 1.165) is 19.4 Å². The molecule has 0 amide bonds. The molecule has 5 N–H and O–H groups in total. The number of rotatable bonds is 4. The SMILES string of the molecule is Nc1nccnc1C(=O)Cc1[nH]c(=O)ncc1N1CCCC(N)C1. The van der Waals surface area contributed by atoms with Crippen LogP contribution in [0.1, 0.15) is 29.0 Å². The second-order valence-electron chi connectivity index (χ2n) is 5.79. The maximum atomic E-state index is 12.5. The molecule has 1 unspecified atom stereocenters. The van der Waals surface area contributed by atoms with Gasteiger partial charge in [0.05, 0.1) is 24.0 Å². The Labute approximate surface area is 138 Å². The fraction of sp³-hybridized carbons (Fsp3) is 0.400. The third kappa shape index (κ3) is 3.40. The number of nitrogen functional groups attached to an aromatic ring is 1. The second-order valence-corrected chi connectivity index (χ2v) is 5.79. The van der Waals surface area contributed by atoms with E-state index in [2.05, 4.69) is 19.9 Å². The number of nitrogens with two attached hydrogens (primary N) is 2. The number of carbonyl (C=O) groups is 1.